The molecule has 110 valence electrons. The molecule has 0 radical (unpaired) electrons. The van der Waals surface area contributed by atoms with Crippen LogP contribution in [0.15, 0.2) is 45.3 Å². The molecular weight excluding hydrogens is 352 g/mol. The Balaban J connectivity index is 2.12. The summed E-state index contributed by atoms with van der Waals surface area (Å²) in [7, 11) is 0. The van der Waals surface area contributed by atoms with Crippen LogP contribution in [0.25, 0.3) is 0 Å². The molecule has 0 unspecified atom stereocenters. The quantitative estimate of drug-likeness (QED) is 0.640. The Morgan fingerprint density at radius 3 is 2.90 bits per heavy atom. The minimum absolute atomic E-state index is 0.00709. The Labute approximate surface area is 136 Å². The predicted molar refractivity (Wildman–Crippen MR) is 89.3 cm³/mol. The summed E-state index contributed by atoms with van der Waals surface area (Å²) in [6, 6.07) is 9.17. The number of ether oxygens (including phenoxy) is 1. The van der Waals surface area contributed by atoms with Gasteiger partial charge < -0.3 is 4.74 Å². The van der Waals surface area contributed by atoms with Gasteiger partial charge in [0.1, 0.15) is 5.75 Å². The number of halogens is 1. The summed E-state index contributed by atoms with van der Waals surface area (Å²) in [6.07, 6.45) is 1.61. The van der Waals surface area contributed by atoms with Gasteiger partial charge in [0.2, 0.25) is 0 Å². The second kappa shape index (κ2) is 7.38. The Hall–Kier alpha value is -1.66. The van der Waals surface area contributed by atoms with Crippen LogP contribution < -0.4 is 10.2 Å². The minimum atomic E-state index is -0.306. The highest BCUT2D eigenvalue weighted by atomic mass is 79.9. The third kappa shape index (κ3) is 4.68. The van der Waals surface area contributed by atoms with Crippen molar-refractivity contribution in [3.8, 4) is 5.75 Å². The zero-order chi connectivity index (χ0) is 15.2. The molecule has 0 atom stereocenters. The van der Waals surface area contributed by atoms with Gasteiger partial charge in [-0.3, -0.25) is 4.79 Å². The van der Waals surface area contributed by atoms with Crippen LogP contribution in [0, 0.1) is 0 Å². The van der Waals surface area contributed by atoms with E-state index in [1.54, 1.807) is 29.7 Å². The van der Waals surface area contributed by atoms with Crippen LogP contribution in [0.1, 0.15) is 29.1 Å². The number of benzene rings is 1. The number of carbonyl (C=O) groups is 1. The maximum atomic E-state index is 12.2. The lowest BCUT2D eigenvalue weighted by Crippen LogP contribution is -2.19. The van der Waals surface area contributed by atoms with Crippen molar-refractivity contribution in [2.24, 2.45) is 5.10 Å². The zero-order valence-corrected chi connectivity index (χ0v) is 14.1. The molecule has 0 spiro atoms. The number of carbonyl (C=O) groups excluding carboxylic acids is 1. The van der Waals surface area contributed by atoms with Crippen LogP contribution in [0.3, 0.4) is 0 Å². The van der Waals surface area contributed by atoms with E-state index in [1.807, 2.05) is 37.4 Å². The fourth-order valence-electron chi connectivity index (χ4n) is 1.62. The summed E-state index contributed by atoms with van der Waals surface area (Å²) in [6.45, 7) is 3.83. The molecule has 2 aromatic rings. The lowest BCUT2D eigenvalue weighted by molar-refractivity contribution is 0.0949. The van der Waals surface area contributed by atoms with Gasteiger partial charge in [-0.05, 0) is 43.5 Å². The molecule has 1 heterocycles. The van der Waals surface area contributed by atoms with Crippen LogP contribution in [0.2, 0.25) is 0 Å². The van der Waals surface area contributed by atoms with Gasteiger partial charge in [0, 0.05) is 9.35 Å². The van der Waals surface area contributed by atoms with Crippen molar-refractivity contribution in [2.45, 2.75) is 20.0 Å². The highest BCUT2D eigenvalue weighted by Crippen LogP contribution is 2.24. The molecule has 0 saturated carbocycles. The fourth-order valence-corrected chi connectivity index (χ4v) is 2.56. The van der Waals surface area contributed by atoms with Gasteiger partial charge in [-0.15, -0.1) is 11.3 Å². The number of nitrogens with zero attached hydrogens (tertiary/aromatic N) is 1. The molecule has 1 N–H and O–H groups in total. The largest absolute Gasteiger partial charge is 0.490 e. The molecule has 4 nitrogen and oxygen atoms in total. The number of amides is 1. The van der Waals surface area contributed by atoms with Crippen molar-refractivity contribution < 1.29 is 9.53 Å². The first kappa shape index (κ1) is 15.7. The first-order chi connectivity index (χ1) is 10.1. The summed E-state index contributed by atoms with van der Waals surface area (Å²) < 4.78 is 6.45. The standard InChI is InChI=1S/C15H15BrN2O2S/c1-10(2)20-14-6-5-11(16)8-13(14)15(19)18-17-9-12-4-3-7-21-12/h3-10H,1-2H3,(H,18,19)/b17-9-. The average Bonchev–Trinajstić information content (AvgIpc) is 2.93. The van der Waals surface area contributed by atoms with E-state index in [1.165, 1.54) is 0 Å². The molecule has 1 aromatic carbocycles. The topological polar surface area (TPSA) is 50.7 Å². The molecule has 0 aliphatic rings. The van der Waals surface area contributed by atoms with E-state index in [2.05, 4.69) is 26.5 Å². The Bertz CT molecular complexity index is 639. The molecule has 0 aliphatic heterocycles. The highest BCUT2D eigenvalue weighted by molar-refractivity contribution is 9.10. The van der Waals surface area contributed by atoms with Gasteiger partial charge in [0.15, 0.2) is 0 Å². The Morgan fingerprint density at radius 2 is 2.24 bits per heavy atom. The summed E-state index contributed by atoms with van der Waals surface area (Å²) in [4.78, 5) is 13.2. The third-order valence-corrected chi connectivity index (χ3v) is 3.75. The van der Waals surface area contributed by atoms with E-state index < -0.39 is 0 Å². The average molecular weight is 367 g/mol. The second-order valence-electron chi connectivity index (χ2n) is 4.52. The molecule has 0 saturated heterocycles. The van der Waals surface area contributed by atoms with Gasteiger partial charge in [-0.1, -0.05) is 22.0 Å². The summed E-state index contributed by atoms with van der Waals surface area (Å²) in [5.74, 6) is 0.233. The van der Waals surface area contributed by atoms with Crippen molar-refractivity contribution in [1.29, 1.82) is 0 Å². The fraction of sp³-hybridized carbons (Fsp3) is 0.200. The first-order valence-electron chi connectivity index (χ1n) is 6.39. The molecule has 0 fully saturated rings. The minimum Gasteiger partial charge on any atom is -0.490 e. The van der Waals surface area contributed by atoms with Gasteiger partial charge >= 0.3 is 0 Å². The Kier molecular flexibility index (Phi) is 5.52. The van der Waals surface area contributed by atoms with E-state index in [4.69, 9.17) is 4.74 Å². The molecule has 1 aromatic heterocycles. The van der Waals surface area contributed by atoms with Gasteiger partial charge in [0.05, 0.1) is 17.9 Å². The molecular formula is C15H15BrN2O2S. The summed E-state index contributed by atoms with van der Waals surface area (Å²) in [5, 5.41) is 5.91. The van der Waals surface area contributed by atoms with Crippen LogP contribution in [-0.2, 0) is 0 Å². The highest BCUT2D eigenvalue weighted by Gasteiger charge is 2.13. The van der Waals surface area contributed by atoms with Gasteiger partial charge in [-0.25, -0.2) is 5.43 Å². The first-order valence-corrected chi connectivity index (χ1v) is 8.06. The SMILES string of the molecule is CC(C)Oc1ccc(Br)cc1C(=O)N/N=C\c1cccs1. The smallest absolute Gasteiger partial charge is 0.275 e. The van der Waals surface area contributed by atoms with Crippen molar-refractivity contribution >= 4 is 39.4 Å². The van der Waals surface area contributed by atoms with Crippen LogP contribution in [0.4, 0.5) is 0 Å². The van der Waals surface area contributed by atoms with Crippen molar-refractivity contribution in [3.63, 3.8) is 0 Å². The number of hydrogen-bond acceptors (Lipinski definition) is 4. The predicted octanol–water partition coefficient (Wildman–Crippen LogP) is 4.06. The molecule has 1 amide bonds. The van der Waals surface area contributed by atoms with Crippen LogP contribution in [0.5, 0.6) is 5.75 Å². The van der Waals surface area contributed by atoms with Gasteiger partial charge in [-0.2, -0.15) is 5.10 Å². The second-order valence-corrected chi connectivity index (χ2v) is 6.42. The monoisotopic (exact) mass is 366 g/mol. The molecule has 0 aliphatic carbocycles. The van der Waals surface area contributed by atoms with Crippen LogP contribution >= 0.6 is 27.3 Å². The normalized spacial score (nSPS) is 11.0. The van der Waals surface area contributed by atoms with E-state index in [0.717, 1.165) is 9.35 Å². The lowest BCUT2D eigenvalue weighted by atomic mass is 10.2. The maximum Gasteiger partial charge on any atom is 0.275 e. The third-order valence-electron chi connectivity index (χ3n) is 2.45. The summed E-state index contributed by atoms with van der Waals surface area (Å²) >= 11 is 4.91. The Morgan fingerprint density at radius 1 is 1.43 bits per heavy atom. The van der Waals surface area contributed by atoms with E-state index in [-0.39, 0.29) is 12.0 Å². The molecule has 6 heteroatoms. The van der Waals surface area contributed by atoms with Crippen LogP contribution in [-0.4, -0.2) is 18.2 Å². The molecule has 0 bridgehead atoms. The van der Waals surface area contributed by atoms with Crippen molar-refractivity contribution in [2.75, 3.05) is 0 Å². The van der Waals surface area contributed by atoms with Crippen molar-refractivity contribution in [3.05, 3.63) is 50.6 Å². The zero-order valence-electron chi connectivity index (χ0n) is 11.7. The van der Waals surface area contributed by atoms with Crippen molar-refractivity contribution in [1.82, 2.24) is 5.43 Å². The van der Waals surface area contributed by atoms with E-state index >= 15 is 0 Å². The molecule has 21 heavy (non-hydrogen) atoms. The number of rotatable bonds is 5. The van der Waals surface area contributed by atoms with E-state index in [9.17, 15) is 4.79 Å². The molecule has 2 rings (SSSR count). The summed E-state index contributed by atoms with van der Waals surface area (Å²) in [5.41, 5.74) is 2.96. The number of thiophene rings is 1. The number of nitrogens with one attached hydrogen (secondary N) is 1. The maximum absolute atomic E-state index is 12.2. The number of hydrazone groups is 1. The van der Waals surface area contributed by atoms with E-state index in [0.29, 0.717) is 11.3 Å². The lowest BCUT2D eigenvalue weighted by Gasteiger charge is -2.13. The van der Waals surface area contributed by atoms with Gasteiger partial charge in [0.25, 0.3) is 5.91 Å². The number of hydrogen-bond donors (Lipinski definition) is 1.